The average Bonchev–Trinajstić information content (AvgIpc) is 3.27. The minimum absolute atomic E-state index is 0.00673. The van der Waals surface area contributed by atoms with Crippen molar-refractivity contribution < 1.29 is 12.8 Å². The fourth-order valence-electron chi connectivity index (χ4n) is 2.64. The quantitative estimate of drug-likeness (QED) is 0.720. The number of hydrogen-bond donors (Lipinski definition) is 0. The molecule has 1 aliphatic carbocycles. The third kappa shape index (κ3) is 3.41. The Balaban J connectivity index is 1.93. The topological polar surface area (TPSA) is 76.3 Å². The summed E-state index contributed by atoms with van der Waals surface area (Å²) in [6, 6.07) is 6.08. The van der Waals surface area contributed by atoms with Gasteiger partial charge in [0.2, 0.25) is 21.8 Å². The zero-order chi connectivity index (χ0) is 17.5. The van der Waals surface area contributed by atoms with Gasteiger partial charge in [-0.3, -0.25) is 0 Å². The largest absolute Gasteiger partial charge is 0.423 e. The van der Waals surface area contributed by atoms with Gasteiger partial charge >= 0.3 is 0 Å². The summed E-state index contributed by atoms with van der Waals surface area (Å²) >= 11 is 3.32. The van der Waals surface area contributed by atoms with Gasteiger partial charge < -0.3 is 4.42 Å². The number of nitrogens with zero attached hydrogens (tertiary/aromatic N) is 3. The van der Waals surface area contributed by atoms with Crippen LogP contribution in [0.15, 0.2) is 38.1 Å². The molecule has 8 heteroatoms. The first-order valence-corrected chi connectivity index (χ1v) is 10.1. The van der Waals surface area contributed by atoms with Crippen molar-refractivity contribution in [2.45, 2.75) is 43.5 Å². The Morgan fingerprint density at radius 2 is 1.83 bits per heavy atom. The van der Waals surface area contributed by atoms with Crippen molar-refractivity contribution in [3.8, 4) is 0 Å². The summed E-state index contributed by atoms with van der Waals surface area (Å²) in [4.78, 5) is 0.237. The summed E-state index contributed by atoms with van der Waals surface area (Å²) in [7, 11) is -2.10. The van der Waals surface area contributed by atoms with Gasteiger partial charge in [-0.15, -0.1) is 10.2 Å². The molecule has 0 spiro atoms. The SMILES string of the molecule is CC(C)[C@@H](c1nnc(C2CC2)o1)N(C)S(=O)(=O)c1ccc(Br)cc1. The first-order chi connectivity index (χ1) is 11.3. The lowest BCUT2D eigenvalue weighted by atomic mass is 10.1. The average molecular weight is 414 g/mol. The molecule has 2 aromatic rings. The van der Waals surface area contributed by atoms with Gasteiger partial charge in [0.25, 0.3) is 0 Å². The van der Waals surface area contributed by atoms with E-state index in [1.807, 2.05) is 13.8 Å². The second-order valence-electron chi connectivity index (χ2n) is 6.42. The normalized spacial score (nSPS) is 16.8. The summed E-state index contributed by atoms with van der Waals surface area (Å²) < 4.78 is 33.8. The third-order valence-electron chi connectivity index (χ3n) is 4.15. The molecule has 1 heterocycles. The van der Waals surface area contributed by atoms with Crippen molar-refractivity contribution in [3.05, 3.63) is 40.5 Å². The smallest absolute Gasteiger partial charge is 0.243 e. The molecule has 3 rings (SSSR count). The molecule has 0 radical (unpaired) electrons. The molecule has 1 saturated carbocycles. The third-order valence-corrected chi connectivity index (χ3v) is 6.53. The molecule has 1 aromatic heterocycles. The fraction of sp³-hybridized carbons (Fsp3) is 0.500. The van der Waals surface area contributed by atoms with Gasteiger partial charge in [0.1, 0.15) is 6.04 Å². The van der Waals surface area contributed by atoms with Crippen molar-refractivity contribution in [3.63, 3.8) is 0 Å². The van der Waals surface area contributed by atoms with Crippen LogP contribution in [0.25, 0.3) is 0 Å². The van der Waals surface area contributed by atoms with E-state index in [1.165, 1.54) is 4.31 Å². The van der Waals surface area contributed by atoms with E-state index in [2.05, 4.69) is 26.1 Å². The predicted molar refractivity (Wildman–Crippen MR) is 92.9 cm³/mol. The molecule has 1 atom stereocenters. The first kappa shape index (κ1) is 17.6. The van der Waals surface area contributed by atoms with E-state index in [-0.39, 0.29) is 10.8 Å². The monoisotopic (exact) mass is 413 g/mol. The van der Waals surface area contributed by atoms with E-state index in [4.69, 9.17) is 4.42 Å². The predicted octanol–water partition coefficient (Wildman–Crippen LogP) is 3.73. The highest BCUT2D eigenvalue weighted by atomic mass is 79.9. The second-order valence-corrected chi connectivity index (χ2v) is 9.33. The van der Waals surface area contributed by atoms with Gasteiger partial charge in [0.05, 0.1) is 4.90 Å². The van der Waals surface area contributed by atoms with Crippen molar-refractivity contribution in [1.82, 2.24) is 14.5 Å². The van der Waals surface area contributed by atoms with Crippen molar-refractivity contribution in [1.29, 1.82) is 0 Å². The number of aromatic nitrogens is 2. The zero-order valence-electron chi connectivity index (χ0n) is 13.8. The fourth-order valence-corrected chi connectivity index (χ4v) is 4.35. The lowest BCUT2D eigenvalue weighted by Crippen LogP contribution is -2.34. The number of benzene rings is 1. The second kappa shape index (κ2) is 6.57. The Morgan fingerprint density at radius 1 is 1.21 bits per heavy atom. The molecule has 6 nitrogen and oxygen atoms in total. The molecular weight excluding hydrogens is 394 g/mol. The van der Waals surface area contributed by atoms with Crippen LogP contribution in [0.3, 0.4) is 0 Å². The lowest BCUT2D eigenvalue weighted by Gasteiger charge is -2.27. The Hall–Kier alpha value is -1.25. The van der Waals surface area contributed by atoms with Crippen LogP contribution in [0, 0.1) is 5.92 Å². The Labute approximate surface area is 150 Å². The Morgan fingerprint density at radius 3 is 2.38 bits per heavy atom. The van der Waals surface area contributed by atoms with Crippen LogP contribution >= 0.6 is 15.9 Å². The van der Waals surface area contributed by atoms with Crippen molar-refractivity contribution in [2.24, 2.45) is 5.92 Å². The van der Waals surface area contributed by atoms with Gasteiger partial charge in [0.15, 0.2) is 0 Å². The Bertz CT molecular complexity index is 813. The molecule has 0 bridgehead atoms. The van der Waals surface area contributed by atoms with Crippen LogP contribution in [0.4, 0.5) is 0 Å². The minimum atomic E-state index is -3.66. The summed E-state index contributed by atoms with van der Waals surface area (Å²) in [5.41, 5.74) is 0. The molecule has 0 unspecified atom stereocenters. The molecule has 0 saturated heterocycles. The van der Waals surface area contributed by atoms with Crippen LogP contribution in [0.5, 0.6) is 0 Å². The molecule has 1 fully saturated rings. The molecule has 130 valence electrons. The van der Waals surface area contributed by atoms with Gasteiger partial charge in [0, 0.05) is 17.4 Å². The van der Waals surface area contributed by atoms with E-state index in [0.717, 1.165) is 17.3 Å². The van der Waals surface area contributed by atoms with Gasteiger partial charge in [-0.25, -0.2) is 8.42 Å². The van der Waals surface area contributed by atoms with E-state index < -0.39 is 16.1 Å². The lowest BCUT2D eigenvalue weighted by molar-refractivity contribution is 0.244. The summed E-state index contributed by atoms with van der Waals surface area (Å²) in [6.45, 7) is 3.89. The number of rotatable bonds is 6. The van der Waals surface area contributed by atoms with Crippen LogP contribution in [-0.4, -0.2) is 30.0 Å². The van der Waals surface area contributed by atoms with Gasteiger partial charge in [-0.1, -0.05) is 29.8 Å². The molecule has 0 amide bonds. The number of halogens is 1. The van der Waals surface area contributed by atoms with Crippen LogP contribution < -0.4 is 0 Å². The van der Waals surface area contributed by atoms with E-state index >= 15 is 0 Å². The molecule has 0 aliphatic heterocycles. The number of hydrogen-bond acceptors (Lipinski definition) is 5. The highest BCUT2D eigenvalue weighted by Gasteiger charge is 2.36. The maximum atomic E-state index is 12.9. The van der Waals surface area contributed by atoms with E-state index in [0.29, 0.717) is 17.7 Å². The highest BCUT2D eigenvalue weighted by Crippen LogP contribution is 2.40. The van der Waals surface area contributed by atoms with E-state index in [1.54, 1.807) is 31.3 Å². The maximum absolute atomic E-state index is 12.9. The standard InChI is InChI=1S/C16H20BrN3O3S/c1-10(2)14(16-19-18-15(23-16)11-4-5-11)20(3)24(21,22)13-8-6-12(17)7-9-13/h6-11,14H,4-5H2,1-3H3/t14-/m0/s1. The molecule has 0 N–H and O–H groups in total. The maximum Gasteiger partial charge on any atom is 0.243 e. The van der Waals surface area contributed by atoms with Crippen molar-refractivity contribution in [2.75, 3.05) is 7.05 Å². The summed E-state index contributed by atoms with van der Waals surface area (Å²) in [5, 5.41) is 8.20. The molecule has 1 aromatic carbocycles. The van der Waals surface area contributed by atoms with Crippen LogP contribution in [-0.2, 0) is 10.0 Å². The van der Waals surface area contributed by atoms with Gasteiger partial charge in [-0.05, 0) is 43.0 Å². The van der Waals surface area contributed by atoms with Crippen LogP contribution in [0.1, 0.15) is 50.4 Å². The first-order valence-electron chi connectivity index (χ1n) is 7.87. The highest BCUT2D eigenvalue weighted by molar-refractivity contribution is 9.10. The van der Waals surface area contributed by atoms with Gasteiger partial charge in [-0.2, -0.15) is 4.31 Å². The summed E-state index contributed by atoms with van der Waals surface area (Å²) in [6.07, 6.45) is 2.11. The number of sulfonamides is 1. The van der Waals surface area contributed by atoms with Crippen molar-refractivity contribution >= 4 is 26.0 Å². The Kier molecular flexibility index (Phi) is 4.81. The minimum Gasteiger partial charge on any atom is -0.423 e. The molecular formula is C16H20BrN3O3S. The molecule has 1 aliphatic rings. The van der Waals surface area contributed by atoms with Crippen LogP contribution in [0.2, 0.25) is 0 Å². The summed E-state index contributed by atoms with van der Waals surface area (Å²) in [5.74, 6) is 1.31. The van der Waals surface area contributed by atoms with E-state index in [9.17, 15) is 8.42 Å². The zero-order valence-corrected chi connectivity index (χ0v) is 16.2. The molecule has 24 heavy (non-hydrogen) atoms.